The molecule has 1 fully saturated rings. The van der Waals surface area contributed by atoms with Crippen LogP contribution in [0.4, 0.5) is 0 Å². The van der Waals surface area contributed by atoms with Gasteiger partial charge in [-0.05, 0) is 12.3 Å². The van der Waals surface area contributed by atoms with E-state index in [4.69, 9.17) is 20.4 Å². The fraction of sp³-hybridized carbons (Fsp3) is 0.600. The molecule has 18 heavy (non-hydrogen) atoms. The van der Waals surface area contributed by atoms with E-state index in [1.54, 1.807) is 0 Å². The maximum Gasteiger partial charge on any atom is 0.323 e. The lowest BCUT2D eigenvalue weighted by molar-refractivity contribution is -0.225. The molecule has 0 aliphatic heterocycles. The van der Waals surface area contributed by atoms with Crippen molar-refractivity contribution in [2.24, 2.45) is 16.7 Å². The minimum absolute atomic E-state index is 0.0703. The largest absolute Gasteiger partial charge is 0.480 e. The summed E-state index contributed by atoms with van der Waals surface area (Å²) in [6.07, 6.45) is -0.437. The molecule has 1 saturated carbocycles. The van der Waals surface area contributed by atoms with Crippen LogP contribution in [-0.4, -0.2) is 44.3 Å². The molecule has 8 heteroatoms. The summed E-state index contributed by atoms with van der Waals surface area (Å²) in [5.41, 5.74) is -5.63. The van der Waals surface area contributed by atoms with E-state index in [1.165, 1.54) is 6.92 Å². The molecule has 4 N–H and O–H groups in total. The monoisotopic (exact) mass is 260 g/mol. The minimum atomic E-state index is -2.82. The Labute approximate surface area is 101 Å². The summed E-state index contributed by atoms with van der Waals surface area (Å²) in [6.45, 7) is 1.49. The molecule has 1 unspecified atom stereocenters. The van der Waals surface area contributed by atoms with Crippen molar-refractivity contribution in [3.63, 3.8) is 0 Å². The van der Waals surface area contributed by atoms with Crippen molar-refractivity contribution in [1.82, 2.24) is 0 Å². The van der Waals surface area contributed by atoms with Crippen LogP contribution in [0.2, 0.25) is 0 Å². The lowest BCUT2D eigenvalue weighted by Crippen LogP contribution is -2.72. The zero-order valence-electron chi connectivity index (χ0n) is 9.41. The van der Waals surface area contributed by atoms with Gasteiger partial charge in [0.25, 0.3) is 0 Å². The van der Waals surface area contributed by atoms with Crippen LogP contribution < -0.4 is 0 Å². The van der Waals surface area contributed by atoms with Gasteiger partial charge in [-0.1, -0.05) is 13.3 Å². The Morgan fingerprint density at radius 2 is 1.33 bits per heavy atom. The number of hydrogen-bond donors (Lipinski definition) is 4. The minimum Gasteiger partial charge on any atom is -0.480 e. The Morgan fingerprint density at radius 3 is 1.56 bits per heavy atom. The van der Waals surface area contributed by atoms with Gasteiger partial charge in [0, 0.05) is 0 Å². The standard InChI is InChI=1S/C10H12O8/c1-2-4-3-9(5(11)12,6(13)14)10(4,7(15)16)8(17)18/h4H,2-3H2,1H3,(H,11,12)(H,13,14)(H,15,16)(H,17,18). The summed E-state index contributed by atoms with van der Waals surface area (Å²) in [5, 5.41) is 36.1. The van der Waals surface area contributed by atoms with E-state index >= 15 is 0 Å². The van der Waals surface area contributed by atoms with E-state index in [-0.39, 0.29) is 6.42 Å². The van der Waals surface area contributed by atoms with Crippen LogP contribution in [-0.2, 0) is 19.2 Å². The highest BCUT2D eigenvalue weighted by Crippen LogP contribution is 2.62. The zero-order valence-corrected chi connectivity index (χ0v) is 9.41. The molecule has 0 bridgehead atoms. The molecule has 0 saturated heterocycles. The lowest BCUT2D eigenvalue weighted by atomic mass is 9.42. The average molecular weight is 260 g/mol. The normalized spacial score (nSPS) is 23.7. The number of hydrogen-bond acceptors (Lipinski definition) is 4. The van der Waals surface area contributed by atoms with Crippen LogP contribution in [0.1, 0.15) is 19.8 Å². The first-order valence-corrected chi connectivity index (χ1v) is 5.13. The first-order chi connectivity index (χ1) is 8.19. The molecule has 1 rings (SSSR count). The van der Waals surface area contributed by atoms with Gasteiger partial charge < -0.3 is 20.4 Å². The van der Waals surface area contributed by atoms with Gasteiger partial charge in [0.1, 0.15) is 0 Å². The average Bonchev–Trinajstić information content (AvgIpc) is 2.14. The third-order valence-electron chi connectivity index (χ3n) is 3.74. The highest BCUT2D eigenvalue weighted by molar-refractivity contribution is 6.15. The summed E-state index contributed by atoms with van der Waals surface area (Å²) in [6, 6.07) is 0. The molecule has 0 aromatic carbocycles. The van der Waals surface area contributed by atoms with E-state index in [0.29, 0.717) is 0 Å². The molecule has 1 aliphatic carbocycles. The molecule has 0 spiro atoms. The van der Waals surface area contributed by atoms with Crippen LogP contribution in [0.25, 0.3) is 0 Å². The maximum atomic E-state index is 11.2. The van der Waals surface area contributed by atoms with E-state index in [0.717, 1.165) is 0 Å². The van der Waals surface area contributed by atoms with Gasteiger partial charge >= 0.3 is 23.9 Å². The van der Waals surface area contributed by atoms with E-state index < -0.39 is 47.0 Å². The number of carbonyl (C=O) groups is 4. The van der Waals surface area contributed by atoms with Gasteiger partial charge in [-0.2, -0.15) is 0 Å². The third-order valence-corrected chi connectivity index (χ3v) is 3.74. The second-order valence-electron chi connectivity index (χ2n) is 4.24. The molecule has 0 aromatic heterocycles. The third kappa shape index (κ3) is 1.20. The molecular formula is C10H12O8. The van der Waals surface area contributed by atoms with E-state index in [1.807, 2.05) is 0 Å². The van der Waals surface area contributed by atoms with Gasteiger partial charge in [-0.15, -0.1) is 0 Å². The SMILES string of the molecule is CCC1CC(C(=O)O)(C(=O)O)C1(C(=O)O)C(=O)O. The fourth-order valence-corrected chi connectivity index (χ4v) is 2.76. The summed E-state index contributed by atoms with van der Waals surface area (Å²) in [7, 11) is 0. The molecule has 0 radical (unpaired) electrons. The van der Waals surface area contributed by atoms with Gasteiger partial charge in [0.2, 0.25) is 0 Å². The van der Waals surface area contributed by atoms with Crippen molar-refractivity contribution < 1.29 is 39.6 Å². The lowest BCUT2D eigenvalue weighted by Gasteiger charge is -2.53. The summed E-state index contributed by atoms with van der Waals surface area (Å²) >= 11 is 0. The van der Waals surface area contributed by atoms with Crippen LogP contribution in [0.15, 0.2) is 0 Å². The van der Waals surface area contributed by atoms with Crippen LogP contribution in [0.3, 0.4) is 0 Å². The first kappa shape index (κ1) is 13.9. The predicted molar refractivity (Wildman–Crippen MR) is 53.8 cm³/mol. The number of carboxylic acid groups (broad SMARTS) is 4. The number of carboxylic acids is 4. The van der Waals surface area contributed by atoms with E-state index in [9.17, 15) is 19.2 Å². The second-order valence-corrected chi connectivity index (χ2v) is 4.24. The molecule has 0 heterocycles. The van der Waals surface area contributed by atoms with Crippen LogP contribution >= 0.6 is 0 Å². The Morgan fingerprint density at radius 1 is 0.944 bits per heavy atom. The highest BCUT2D eigenvalue weighted by Gasteiger charge is 2.81. The van der Waals surface area contributed by atoms with Crippen LogP contribution in [0.5, 0.6) is 0 Å². The number of rotatable bonds is 5. The quantitative estimate of drug-likeness (QED) is 0.493. The topological polar surface area (TPSA) is 149 Å². The van der Waals surface area contributed by atoms with Crippen molar-refractivity contribution in [3.8, 4) is 0 Å². The van der Waals surface area contributed by atoms with Crippen molar-refractivity contribution in [2.45, 2.75) is 19.8 Å². The van der Waals surface area contributed by atoms with Crippen LogP contribution in [0, 0.1) is 16.7 Å². The summed E-state index contributed by atoms with van der Waals surface area (Å²) < 4.78 is 0. The molecular weight excluding hydrogens is 248 g/mol. The highest BCUT2D eigenvalue weighted by atomic mass is 16.4. The Kier molecular flexibility index (Phi) is 3.07. The first-order valence-electron chi connectivity index (χ1n) is 5.13. The summed E-state index contributed by atoms with van der Waals surface area (Å²) in [4.78, 5) is 44.7. The van der Waals surface area contributed by atoms with Crippen molar-refractivity contribution in [2.75, 3.05) is 0 Å². The van der Waals surface area contributed by atoms with Crippen molar-refractivity contribution in [3.05, 3.63) is 0 Å². The Hall–Kier alpha value is -2.12. The summed E-state index contributed by atoms with van der Waals surface area (Å²) in [5.74, 6) is -8.77. The van der Waals surface area contributed by atoms with Gasteiger partial charge in [-0.25, -0.2) is 0 Å². The predicted octanol–water partition coefficient (Wildman–Crippen LogP) is -0.273. The smallest absolute Gasteiger partial charge is 0.323 e. The van der Waals surface area contributed by atoms with Crippen molar-refractivity contribution in [1.29, 1.82) is 0 Å². The molecule has 0 aromatic rings. The van der Waals surface area contributed by atoms with Gasteiger partial charge in [0.15, 0.2) is 10.8 Å². The molecule has 100 valence electrons. The molecule has 1 atom stereocenters. The van der Waals surface area contributed by atoms with Gasteiger partial charge in [-0.3, -0.25) is 19.2 Å². The molecule has 0 amide bonds. The molecule has 1 aliphatic rings. The Bertz CT molecular complexity index is 409. The molecule has 8 nitrogen and oxygen atoms in total. The van der Waals surface area contributed by atoms with E-state index in [2.05, 4.69) is 0 Å². The zero-order chi connectivity index (χ0) is 14.3. The second kappa shape index (κ2) is 3.97. The maximum absolute atomic E-state index is 11.2. The number of aliphatic carboxylic acids is 4. The Balaban J connectivity index is 3.56. The van der Waals surface area contributed by atoms with Crippen molar-refractivity contribution >= 4 is 23.9 Å². The van der Waals surface area contributed by atoms with Gasteiger partial charge in [0.05, 0.1) is 0 Å². The fourth-order valence-electron chi connectivity index (χ4n) is 2.76.